The van der Waals surface area contributed by atoms with Crippen LogP contribution in [0.25, 0.3) is 11.4 Å². The topological polar surface area (TPSA) is 80.5 Å². The number of nitrogens with zero attached hydrogens (tertiary/aromatic N) is 4. The lowest BCUT2D eigenvalue weighted by molar-refractivity contribution is 0.427. The second-order valence-electron chi connectivity index (χ2n) is 4.43. The Morgan fingerprint density at radius 2 is 1.95 bits per heavy atom. The van der Waals surface area contributed by atoms with Crippen LogP contribution in [0, 0.1) is 0 Å². The summed E-state index contributed by atoms with van der Waals surface area (Å²) in [6.07, 6.45) is 2.30. The largest absolute Gasteiger partial charge is 0.369 e. The van der Waals surface area contributed by atoms with Gasteiger partial charge in [0.2, 0.25) is 11.8 Å². The van der Waals surface area contributed by atoms with Gasteiger partial charge in [0.15, 0.2) is 0 Å². The molecule has 98 valence electrons. The fourth-order valence-corrected chi connectivity index (χ4v) is 2.08. The van der Waals surface area contributed by atoms with Crippen LogP contribution in [0.2, 0.25) is 0 Å². The molecule has 0 spiro atoms. The molecule has 1 saturated heterocycles. The van der Waals surface area contributed by atoms with Gasteiger partial charge in [-0.05, 0) is 12.8 Å². The third kappa shape index (κ3) is 2.57. The van der Waals surface area contributed by atoms with Gasteiger partial charge in [0.25, 0.3) is 0 Å². The van der Waals surface area contributed by atoms with E-state index < -0.39 is 0 Å². The molecule has 2 N–H and O–H groups in total. The van der Waals surface area contributed by atoms with E-state index in [-0.39, 0.29) is 6.01 Å². The van der Waals surface area contributed by atoms with Crippen molar-refractivity contribution in [2.75, 3.05) is 13.1 Å². The van der Waals surface area contributed by atoms with Gasteiger partial charge in [-0.2, -0.15) is 9.98 Å². The molecule has 2 aromatic rings. The van der Waals surface area contributed by atoms with Gasteiger partial charge >= 0.3 is 6.01 Å². The molecule has 0 saturated carbocycles. The summed E-state index contributed by atoms with van der Waals surface area (Å²) in [4.78, 5) is 10.4. The fourth-order valence-electron chi connectivity index (χ4n) is 2.08. The minimum Gasteiger partial charge on any atom is -0.369 e. The first-order valence-electron chi connectivity index (χ1n) is 6.31. The summed E-state index contributed by atoms with van der Waals surface area (Å²) in [7, 11) is 0. The van der Waals surface area contributed by atoms with E-state index in [9.17, 15) is 0 Å². The Morgan fingerprint density at radius 1 is 1.21 bits per heavy atom. The smallest absolute Gasteiger partial charge is 0.351 e. The van der Waals surface area contributed by atoms with Gasteiger partial charge in [0, 0.05) is 18.7 Å². The van der Waals surface area contributed by atoms with Crippen molar-refractivity contribution >= 4 is 12.0 Å². The molecule has 1 aromatic carbocycles. The third-order valence-corrected chi connectivity index (χ3v) is 3.09. The van der Waals surface area contributed by atoms with E-state index in [1.165, 1.54) is 0 Å². The highest BCUT2D eigenvalue weighted by Gasteiger charge is 2.15. The maximum absolute atomic E-state index is 5.91. The fraction of sp³-hybridized carbons (Fsp3) is 0.308. The van der Waals surface area contributed by atoms with Crippen molar-refractivity contribution in [3.63, 3.8) is 0 Å². The molecule has 6 nitrogen and oxygen atoms in total. The summed E-state index contributed by atoms with van der Waals surface area (Å²) in [6, 6.07) is 9.82. The van der Waals surface area contributed by atoms with Gasteiger partial charge in [0.1, 0.15) is 0 Å². The number of hydrogen-bond acceptors (Lipinski definition) is 4. The van der Waals surface area contributed by atoms with E-state index in [0.717, 1.165) is 31.5 Å². The van der Waals surface area contributed by atoms with Crippen LogP contribution in [0.4, 0.5) is 6.01 Å². The highest BCUT2D eigenvalue weighted by molar-refractivity contribution is 5.80. The van der Waals surface area contributed by atoms with E-state index >= 15 is 0 Å². The second-order valence-corrected chi connectivity index (χ2v) is 4.43. The average molecular weight is 257 g/mol. The van der Waals surface area contributed by atoms with Crippen molar-refractivity contribution in [2.24, 2.45) is 10.7 Å². The van der Waals surface area contributed by atoms with Crippen molar-refractivity contribution in [3.05, 3.63) is 30.3 Å². The molecule has 0 bridgehead atoms. The minimum atomic E-state index is 0.197. The number of benzene rings is 1. The van der Waals surface area contributed by atoms with Crippen molar-refractivity contribution in [2.45, 2.75) is 12.8 Å². The predicted octanol–water partition coefficient (Wildman–Crippen LogP) is 1.78. The van der Waals surface area contributed by atoms with Crippen LogP contribution in [0.1, 0.15) is 12.8 Å². The van der Waals surface area contributed by atoms with Crippen LogP contribution in [0.3, 0.4) is 0 Å². The molecular formula is C13H15N5O. The summed E-state index contributed by atoms with van der Waals surface area (Å²) < 4.78 is 5.09. The molecule has 0 radical (unpaired) electrons. The number of likely N-dealkylation sites (tertiary alicyclic amines) is 1. The van der Waals surface area contributed by atoms with Crippen molar-refractivity contribution < 1.29 is 4.52 Å². The minimum absolute atomic E-state index is 0.197. The van der Waals surface area contributed by atoms with E-state index in [4.69, 9.17) is 10.3 Å². The first-order chi connectivity index (χ1) is 9.33. The van der Waals surface area contributed by atoms with Crippen molar-refractivity contribution in [3.8, 4) is 11.4 Å². The highest BCUT2D eigenvalue weighted by atomic mass is 16.5. The molecule has 2 heterocycles. The molecule has 0 unspecified atom stereocenters. The van der Waals surface area contributed by atoms with E-state index in [1.807, 2.05) is 35.2 Å². The number of rotatable bonds is 2. The summed E-state index contributed by atoms with van der Waals surface area (Å²) in [6.45, 7) is 1.88. The standard InChI is InChI=1S/C13H15N5O/c14-12(18-8-4-5-9-18)16-13-15-11(17-19-13)10-6-2-1-3-7-10/h1-3,6-7H,4-5,8-9H2,(H2,14,15,16,17). The summed E-state index contributed by atoms with van der Waals surface area (Å²) >= 11 is 0. The lowest BCUT2D eigenvalue weighted by Gasteiger charge is -2.14. The predicted molar refractivity (Wildman–Crippen MR) is 71.8 cm³/mol. The van der Waals surface area contributed by atoms with E-state index in [0.29, 0.717) is 11.8 Å². The zero-order chi connectivity index (χ0) is 13.1. The maximum atomic E-state index is 5.91. The lowest BCUT2D eigenvalue weighted by atomic mass is 10.2. The number of hydrogen-bond donors (Lipinski definition) is 1. The Kier molecular flexibility index (Phi) is 3.14. The number of aliphatic imine (C=N–C) groups is 1. The van der Waals surface area contributed by atoms with Gasteiger partial charge in [0.05, 0.1) is 0 Å². The van der Waals surface area contributed by atoms with Gasteiger partial charge in [-0.1, -0.05) is 35.5 Å². The number of aromatic nitrogens is 2. The maximum Gasteiger partial charge on any atom is 0.351 e. The van der Waals surface area contributed by atoms with Crippen LogP contribution in [0.5, 0.6) is 0 Å². The first kappa shape index (κ1) is 11.7. The van der Waals surface area contributed by atoms with Gasteiger partial charge in [-0.3, -0.25) is 0 Å². The second kappa shape index (κ2) is 5.09. The Hall–Kier alpha value is -2.37. The summed E-state index contributed by atoms with van der Waals surface area (Å²) in [5.74, 6) is 0.967. The SMILES string of the molecule is NC(=Nc1nc(-c2ccccc2)no1)N1CCCC1. The third-order valence-electron chi connectivity index (χ3n) is 3.09. The molecular weight excluding hydrogens is 242 g/mol. The molecule has 0 atom stereocenters. The molecule has 1 aliphatic rings. The zero-order valence-corrected chi connectivity index (χ0v) is 10.5. The van der Waals surface area contributed by atoms with E-state index in [1.54, 1.807) is 0 Å². The quantitative estimate of drug-likeness (QED) is 0.655. The molecule has 0 amide bonds. The first-order valence-corrected chi connectivity index (χ1v) is 6.31. The van der Waals surface area contributed by atoms with E-state index in [2.05, 4.69) is 15.1 Å². The van der Waals surface area contributed by atoms with Crippen LogP contribution < -0.4 is 5.73 Å². The number of guanidine groups is 1. The van der Waals surface area contributed by atoms with Crippen molar-refractivity contribution in [1.29, 1.82) is 0 Å². The van der Waals surface area contributed by atoms with Gasteiger partial charge < -0.3 is 15.2 Å². The van der Waals surface area contributed by atoms with Crippen LogP contribution in [0.15, 0.2) is 39.8 Å². The Bertz CT molecular complexity index is 572. The van der Waals surface area contributed by atoms with Crippen molar-refractivity contribution in [1.82, 2.24) is 15.0 Å². The number of nitrogens with two attached hydrogens (primary N) is 1. The molecule has 6 heteroatoms. The molecule has 0 aliphatic carbocycles. The zero-order valence-electron chi connectivity index (χ0n) is 10.5. The molecule has 3 rings (SSSR count). The highest BCUT2D eigenvalue weighted by Crippen LogP contribution is 2.19. The monoisotopic (exact) mass is 257 g/mol. The van der Waals surface area contributed by atoms with Crippen LogP contribution in [-0.4, -0.2) is 34.1 Å². The lowest BCUT2D eigenvalue weighted by Crippen LogP contribution is -2.34. The van der Waals surface area contributed by atoms with Gasteiger partial charge in [-0.25, -0.2) is 0 Å². The molecule has 1 aliphatic heterocycles. The van der Waals surface area contributed by atoms with Gasteiger partial charge in [-0.15, -0.1) is 0 Å². The molecule has 1 aromatic heterocycles. The average Bonchev–Trinajstić information content (AvgIpc) is 3.11. The molecule has 1 fully saturated rings. The Labute approximate surface area is 110 Å². The summed E-state index contributed by atoms with van der Waals surface area (Å²) in [5, 5.41) is 3.90. The normalized spacial score (nSPS) is 16.0. The Balaban J connectivity index is 1.80. The van der Waals surface area contributed by atoms with Crippen LogP contribution in [-0.2, 0) is 0 Å². The summed E-state index contributed by atoms with van der Waals surface area (Å²) in [5.41, 5.74) is 6.80. The molecule has 19 heavy (non-hydrogen) atoms. The Morgan fingerprint density at radius 3 is 2.68 bits per heavy atom. The van der Waals surface area contributed by atoms with Crippen LogP contribution >= 0.6 is 0 Å².